The molecule has 0 aromatic heterocycles. The van der Waals surface area contributed by atoms with Crippen LogP contribution in [0.2, 0.25) is 0 Å². The molecule has 2 nitrogen and oxygen atoms in total. The lowest BCUT2D eigenvalue weighted by molar-refractivity contribution is 0.244. The number of nitrogens with zero attached hydrogens (tertiary/aromatic N) is 1. The fraction of sp³-hybridized carbons (Fsp3) is 0.600. The minimum absolute atomic E-state index is 0.726. The largest absolute Gasteiger partial charge is 0.313 e. The zero-order chi connectivity index (χ0) is 11.7. The standard InChI is InChI=1S/C15H22N2/c1-2-16-14-7-8-17(11-14)15-9-12-5-3-4-6-13(12)10-15/h3-6,14-16H,2,7-11H2,1H3. The van der Waals surface area contributed by atoms with E-state index < -0.39 is 0 Å². The van der Waals surface area contributed by atoms with E-state index in [4.69, 9.17) is 0 Å². The molecule has 2 aliphatic rings. The number of fused-ring (bicyclic) bond motifs is 1. The summed E-state index contributed by atoms with van der Waals surface area (Å²) in [5, 5.41) is 3.58. The number of benzene rings is 1. The summed E-state index contributed by atoms with van der Waals surface area (Å²) in [6, 6.07) is 10.4. The molecule has 0 amide bonds. The van der Waals surface area contributed by atoms with Gasteiger partial charge in [0.15, 0.2) is 0 Å². The second kappa shape index (κ2) is 4.79. The van der Waals surface area contributed by atoms with E-state index in [9.17, 15) is 0 Å². The van der Waals surface area contributed by atoms with Crippen molar-refractivity contribution in [2.75, 3.05) is 19.6 Å². The van der Waals surface area contributed by atoms with Gasteiger partial charge in [0.1, 0.15) is 0 Å². The molecule has 1 unspecified atom stereocenters. The maximum Gasteiger partial charge on any atom is 0.0207 e. The van der Waals surface area contributed by atoms with Crippen LogP contribution in [0, 0.1) is 0 Å². The van der Waals surface area contributed by atoms with E-state index >= 15 is 0 Å². The number of rotatable bonds is 3. The first-order chi connectivity index (χ1) is 8.36. The fourth-order valence-electron chi connectivity index (χ4n) is 3.37. The molecule has 17 heavy (non-hydrogen) atoms. The van der Waals surface area contributed by atoms with Crippen LogP contribution in [0.1, 0.15) is 24.5 Å². The summed E-state index contributed by atoms with van der Waals surface area (Å²) >= 11 is 0. The van der Waals surface area contributed by atoms with Crippen LogP contribution in [0.25, 0.3) is 0 Å². The van der Waals surface area contributed by atoms with Crippen LogP contribution in [0.5, 0.6) is 0 Å². The average molecular weight is 230 g/mol. The molecule has 2 heteroatoms. The first-order valence-corrected chi connectivity index (χ1v) is 6.91. The molecular weight excluding hydrogens is 208 g/mol. The maximum absolute atomic E-state index is 3.58. The molecule has 1 aliphatic heterocycles. The number of likely N-dealkylation sites (N-methyl/N-ethyl adjacent to an activating group) is 1. The van der Waals surface area contributed by atoms with Crippen LogP contribution in [0.4, 0.5) is 0 Å². The smallest absolute Gasteiger partial charge is 0.0207 e. The van der Waals surface area contributed by atoms with Crippen LogP contribution in [-0.2, 0) is 12.8 Å². The molecule has 0 saturated carbocycles. The third kappa shape index (κ3) is 2.24. The molecular formula is C15H22N2. The van der Waals surface area contributed by atoms with Crippen molar-refractivity contribution >= 4 is 0 Å². The Labute approximate surface area is 104 Å². The topological polar surface area (TPSA) is 15.3 Å². The van der Waals surface area contributed by atoms with E-state index in [1.807, 2.05) is 0 Å². The quantitative estimate of drug-likeness (QED) is 0.852. The van der Waals surface area contributed by atoms with Crippen LogP contribution in [0.15, 0.2) is 24.3 Å². The van der Waals surface area contributed by atoms with Gasteiger partial charge in [-0.25, -0.2) is 0 Å². The predicted molar refractivity (Wildman–Crippen MR) is 71.3 cm³/mol. The van der Waals surface area contributed by atoms with Gasteiger partial charge in [-0.1, -0.05) is 31.2 Å². The molecule has 1 aromatic rings. The summed E-state index contributed by atoms with van der Waals surface area (Å²) in [7, 11) is 0. The SMILES string of the molecule is CCNC1CCN(C2Cc3ccccc3C2)C1. The first-order valence-electron chi connectivity index (χ1n) is 6.91. The highest BCUT2D eigenvalue weighted by atomic mass is 15.2. The van der Waals surface area contributed by atoms with Gasteiger partial charge in [0.25, 0.3) is 0 Å². The van der Waals surface area contributed by atoms with Crippen molar-refractivity contribution in [1.82, 2.24) is 10.2 Å². The average Bonchev–Trinajstić information content (AvgIpc) is 2.94. The summed E-state index contributed by atoms with van der Waals surface area (Å²) in [5.41, 5.74) is 3.15. The summed E-state index contributed by atoms with van der Waals surface area (Å²) < 4.78 is 0. The van der Waals surface area contributed by atoms with Crippen LogP contribution >= 0.6 is 0 Å². The summed E-state index contributed by atoms with van der Waals surface area (Å²) in [6.45, 7) is 5.82. The van der Waals surface area contributed by atoms with E-state index in [1.165, 1.54) is 32.4 Å². The number of nitrogens with one attached hydrogen (secondary N) is 1. The van der Waals surface area contributed by atoms with Gasteiger partial charge >= 0.3 is 0 Å². The molecule has 3 rings (SSSR count). The molecule has 1 aromatic carbocycles. The predicted octanol–water partition coefficient (Wildman–Crippen LogP) is 1.84. The Balaban J connectivity index is 1.62. The number of hydrogen-bond acceptors (Lipinski definition) is 2. The highest BCUT2D eigenvalue weighted by Gasteiger charge is 2.31. The van der Waals surface area contributed by atoms with Gasteiger partial charge in [-0.2, -0.15) is 0 Å². The van der Waals surface area contributed by atoms with Gasteiger partial charge in [0, 0.05) is 25.2 Å². The second-order valence-electron chi connectivity index (χ2n) is 5.37. The summed E-state index contributed by atoms with van der Waals surface area (Å²) in [4.78, 5) is 2.69. The third-order valence-corrected chi connectivity index (χ3v) is 4.26. The van der Waals surface area contributed by atoms with E-state index in [-0.39, 0.29) is 0 Å². The van der Waals surface area contributed by atoms with Crippen molar-refractivity contribution in [2.45, 2.75) is 38.3 Å². The van der Waals surface area contributed by atoms with Gasteiger partial charge in [-0.3, -0.25) is 4.90 Å². The van der Waals surface area contributed by atoms with Crippen LogP contribution in [0.3, 0.4) is 0 Å². The fourth-order valence-corrected chi connectivity index (χ4v) is 3.37. The second-order valence-corrected chi connectivity index (χ2v) is 5.37. The summed E-state index contributed by atoms with van der Waals surface area (Å²) in [6.07, 6.45) is 3.84. The maximum atomic E-state index is 3.58. The first kappa shape index (κ1) is 11.2. The Bertz CT molecular complexity index is 363. The zero-order valence-electron chi connectivity index (χ0n) is 10.7. The van der Waals surface area contributed by atoms with Gasteiger partial charge in [-0.05, 0) is 36.9 Å². The van der Waals surface area contributed by atoms with Gasteiger partial charge < -0.3 is 5.32 Å². The monoisotopic (exact) mass is 230 g/mol. The summed E-state index contributed by atoms with van der Waals surface area (Å²) in [5.74, 6) is 0. The van der Waals surface area contributed by atoms with Crippen molar-refractivity contribution < 1.29 is 0 Å². The van der Waals surface area contributed by atoms with Crippen molar-refractivity contribution in [3.63, 3.8) is 0 Å². The normalized spacial score (nSPS) is 25.4. The van der Waals surface area contributed by atoms with Crippen molar-refractivity contribution in [2.24, 2.45) is 0 Å². The van der Waals surface area contributed by atoms with Crippen molar-refractivity contribution in [3.8, 4) is 0 Å². The van der Waals surface area contributed by atoms with Crippen LogP contribution in [-0.4, -0.2) is 36.6 Å². The Kier molecular flexibility index (Phi) is 3.17. The van der Waals surface area contributed by atoms with Crippen LogP contribution < -0.4 is 5.32 Å². The molecule has 1 N–H and O–H groups in total. The Morgan fingerprint density at radius 1 is 1.24 bits per heavy atom. The van der Waals surface area contributed by atoms with Gasteiger partial charge in [0.2, 0.25) is 0 Å². The zero-order valence-corrected chi connectivity index (χ0v) is 10.7. The molecule has 0 radical (unpaired) electrons. The Morgan fingerprint density at radius 3 is 2.59 bits per heavy atom. The van der Waals surface area contributed by atoms with E-state index in [2.05, 4.69) is 41.4 Å². The number of likely N-dealkylation sites (tertiary alicyclic amines) is 1. The minimum atomic E-state index is 0.726. The lowest BCUT2D eigenvalue weighted by atomic mass is 10.1. The van der Waals surface area contributed by atoms with E-state index in [0.29, 0.717) is 0 Å². The Morgan fingerprint density at radius 2 is 1.94 bits per heavy atom. The molecule has 1 fully saturated rings. The molecule has 0 bridgehead atoms. The van der Waals surface area contributed by atoms with Crippen molar-refractivity contribution in [1.29, 1.82) is 0 Å². The molecule has 1 atom stereocenters. The molecule has 1 heterocycles. The van der Waals surface area contributed by atoms with E-state index in [1.54, 1.807) is 11.1 Å². The number of hydrogen-bond donors (Lipinski definition) is 1. The third-order valence-electron chi connectivity index (χ3n) is 4.26. The molecule has 1 saturated heterocycles. The molecule has 1 aliphatic carbocycles. The highest BCUT2D eigenvalue weighted by Crippen LogP contribution is 2.27. The highest BCUT2D eigenvalue weighted by molar-refractivity contribution is 5.33. The lowest BCUT2D eigenvalue weighted by Gasteiger charge is -2.23. The Hall–Kier alpha value is -0.860. The van der Waals surface area contributed by atoms with Gasteiger partial charge in [-0.15, -0.1) is 0 Å². The lowest BCUT2D eigenvalue weighted by Crippen LogP contribution is -2.37. The van der Waals surface area contributed by atoms with E-state index in [0.717, 1.165) is 18.6 Å². The molecule has 92 valence electrons. The molecule has 0 spiro atoms. The van der Waals surface area contributed by atoms with Crippen molar-refractivity contribution in [3.05, 3.63) is 35.4 Å². The minimum Gasteiger partial charge on any atom is -0.313 e. The van der Waals surface area contributed by atoms with Gasteiger partial charge in [0.05, 0.1) is 0 Å².